The number of hydrogen-bond acceptors (Lipinski definition) is 3. The number of hydrogen-bond donors (Lipinski definition) is 0. The first-order valence-corrected chi connectivity index (χ1v) is 7.06. The van der Waals surface area contributed by atoms with Crippen LogP contribution in [-0.2, 0) is 9.05 Å². The fourth-order valence-electron chi connectivity index (χ4n) is 1.02. The van der Waals surface area contributed by atoms with Gasteiger partial charge in [-0.05, 0) is 23.8 Å². The topological polar surface area (TPSA) is 34.1 Å². The first-order chi connectivity index (χ1) is 5.58. The molecule has 0 radical (unpaired) electrons. The minimum atomic E-state index is -3.61. The second-order valence-electron chi connectivity index (χ2n) is 2.65. The van der Waals surface area contributed by atoms with Crippen LogP contribution < -0.4 is 0 Å². The Balaban J connectivity index is 2.36. The molecule has 12 heavy (non-hydrogen) atoms. The first kappa shape index (κ1) is 10.2. The summed E-state index contributed by atoms with van der Waals surface area (Å²) >= 11 is 1.89. The summed E-state index contributed by atoms with van der Waals surface area (Å²) in [5.41, 5.74) is 0. The molecule has 68 valence electrons. The summed E-state index contributed by atoms with van der Waals surface area (Å²) < 4.78 is 20.8. The Morgan fingerprint density at radius 2 is 2.33 bits per heavy atom. The molecule has 0 amide bonds. The van der Waals surface area contributed by atoms with E-state index in [1.54, 1.807) is 0 Å². The van der Waals surface area contributed by atoms with Crippen LogP contribution in [0.15, 0.2) is 0 Å². The van der Waals surface area contributed by atoms with Crippen LogP contribution in [-0.4, -0.2) is 19.9 Å². The molecule has 0 bridgehead atoms. The lowest BCUT2D eigenvalue weighted by Gasteiger charge is -1.98. The third-order valence-electron chi connectivity index (χ3n) is 1.61. The van der Waals surface area contributed by atoms with Crippen LogP contribution in [0.5, 0.6) is 0 Å². The number of rotatable bonds is 1. The van der Waals surface area contributed by atoms with Gasteiger partial charge in [-0.15, -0.1) is 0 Å². The molecule has 2 nitrogen and oxygen atoms in total. The highest BCUT2D eigenvalue weighted by Gasteiger charge is 2.13. The Labute approximate surface area is 81.5 Å². The Morgan fingerprint density at radius 1 is 1.58 bits per heavy atom. The van der Waals surface area contributed by atoms with Crippen molar-refractivity contribution in [3.8, 4) is 11.2 Å². The van der Waals surface area contributed by atoms with Gasteiger partial charge in [-0.1, -0.05) is 5.92 Å². The molecule has 1 aliphatic rings. The van der Waals surface area contributed by atoms with Crippen LogP contribution >= 0.6 is 22.4 Å². The molecule has 5 heteroatoms. The Bertz CT molecular complexity index is 293. The summed E-state index contributed by atoms with van der Waals surface area (Å²) in [5.74, 6) is 5.40. The number of thioether (sulfide) groups is 1. The molecular weight excluding hydrogens is 216 g/mol. The maximum absolute atomic E-state index is 10.4. The average Bonchev–Trinajstić information content (AvgIpc) is 2.36. The molecular formula is C7H9ClO2S2. The first-order valence-electron chi connectivity index (χ1n) is 3.60. The average molecular weight is 225 g/mol. The van der Waals surface area contributed by atoms with Gasteiger partial charge in [0.15, 0.2) is 0 Å². The van der Waals surface area contributed by atoms with Gasteiger partial charge in [0.05, 0.1) is 0 Å². The Kier molecular flexibility index (Phi) is 3.76. The lowest BCUT2D eigenvalue weighted by Crippen LogP contribution is -1.95. The van der Waals surface area contributed by atoms with Crippen LogP contribution in [0.25, 0.3) is 0 Å². The van der Waals surface area contributed by atoms with Crippen molar-refractivity contribution in [1.82, 2.24) is 0 Å². The predicted octanol–water partition coefficient (Wildman–Crippen LogP) is 1.66. The maximum atomic E-state index is 10.4. The molecule has 1 heterocycles. The lowest BCUT2D eigenvalue weighted by molar-refractivity contribution is 0.615. The molecule has 0 aromatic rings. The SMILES string of the molecule is O=S(=O)(Cl)C#CCC1CCSC1. The van der Waals surface area contributed by atoms with Gasteiger partial charge in [0.25, 0.3) is 0 Å². The molecule has 0 aromatic carbocycles. The zero-order chi connectivity index (χ0) is 9.03. The van der Waals surface area contributed by atoms with Gasteiger partial charge < -0.3 is 0 Å². The minimum Gasteiger partial charge on any atom is -0.198 e. The minimum absolute atomic E-state index is 0.556. The third kappa shape index (κ3) is 4.24. The molecule has 0 saturated carbocycles. The standard InChI is InChI=1S/C7H9ClO2S2/c8-12(9,10)5-1-2-7-3-4-11-6-7/h7H,2-4,6H2. The van der Waals surface area contributed by atoms with E-state index in [4.69, 9.17) is 10.7 Å². The second kappa shape index (κ2) is 4.40. The van der Waals surface area contributed by atoms with Gasteiger partial charge in [0.2, 0.25) is 0 Å². The lowest BCUT2D eigenvalue weighted by atomic mass is 10.1. The van der Waals surface area contributed by atoms with E-state index < -0.39 is 9.05 Å². The van der Waals surface area contributed by atoms with Crippen molar-refractivity contribution in [2.75, 3.05) is 11.5 Å². The molecule has 0 aliphatic carbocycles. The summed E-state index contributed by atoms with van der Waals surface area (Å²) in [6.45, 7) is 0. The van der Waals surface area contributed by atoms with E-state index in [0.717, 1.165) is 12.2 Å². The fraction of sp³-hybridized carbons (Fsp3) is 0.714. The smallest absolute Gasteiger partial charge is 0.198 e. The van der Waals surface area contributed by atoms with Crippen molar-refractivity contribution < 1.29 is 8.42 Å². The normalized spacial score (nSPS) is 23.2. The summed E-state index contributed by atoms with van der Waals surface area (Å²) in [5, 5.41) is 2.03. The van der Waals surface area contributed by atoms with E-state index in [9.17, 15) is 8.42 Å². The van der Waals surface area contributed by atoms with E-state index in [1.807, 2.05) is 17.0 Å². The van der Waals surface area contributed by atoms with Gasteiger partial charge >= 0.3 is 9.05 Å². The highest BCUT2D eigenvalue weighted by Crippen LogP contribution is 2.25. The predicted molar refractivity (Wildman–Crippen MR) is 52.6 cm³/mol. The van der Waals surface area contributed by atoms with Gasteiger partial charge in [-0.25, -0.2) is 0 Å². The van der Waals surface area contributed by atoms with E-state index in [-0.39, 0.29) is 0 Å². The van der Waals surface area contributed by atoms with Crippen LogP contribution in [0.1, 0.15) is 12.8 Å². The van der Waals surface area contributed by atoms with Gasteiger partial charge in [-0.2, -0.15) is 20.2 Å². The highest BCUT2D eigenvalue weighted by molar-refractivity contribution is 8.17. The summed E-state index contributed by atoms with van der Waals surface area (Å²) in [6.07, 6.45) is 1.79. The van der Waals surface area contributed by atoms with Crippen molar-refractivity contribution in [2.24, 2.45) is 5.92 Å². The molecule has 1 saturated heterocycles. The van der Waals surface area contributed by atoms with E-state index in [1.165, 1.54) is 5.75 Å². The van der Waals surface area contributed by atoms with E-state index in [0.29, 0.717) is 12.3 Å². The molecule has 1 rings (SSSR count). The van der Waals surface area contributed by atoms with Crippen molar-refractivity contribution in [1.29, 1.82) is 0 Å². The molecule has 0 N–H and O–H groups in total. The number of halogens is 1. The van der Waals surface area contributed by atoms with Crippen molar-refractivity contribution in [2.45, 2.75) is 12.8 Å². The zero-order valence-electron chi connectivity index (χ0n) is 6.42. The van der Waals surface area contributed by atoms with Crippen LogP contribution in [0.3, 0.4) is 0 Å². The van der Waals surface area contributed by atoms with Crippen molar-refractivity contribution >= 4 is 31.5 Å². The fourth-order valence-corrected chi connectivity index (χ4v) is 2.72. The molecule has 1 atom stereocenters. The maximum Gasteiger partial charge on any atom is 0.300 e. The second-order valence-corrected chi connectivity index (χ2v) is 6.10. The molecule has 1 unspecified atom stereocenters. The molecule has 0 aromatic heterocycles. The van der Waals surface area contributed by atoms with Gasteiger partial charge in [0.1, 0.15) is 0 Å². The van der Waals surface area contributed by atoms with Gasteiger partial charge in [-0.3, -0.25) is 0 Å². The zero-order valence-corrected chi connectivity index (χ0v) is 8.81. The quantitative estimate of drug-likeness (QED) is 0.502. The van der Waals surface area contributed by atoms with Crippen molar-refractivity contribution in [3.63, 3.8) is 0 Å². The summed E-state index contributed by atoms with van der Waals surface area (Å²) in [7, 11) is 1.30. The third-order valence-corrected chi connectivity index (χ3v) is 3.46. The van der Waals surface area contributed by atoms with Crippen molar-refractivity contribution in [3.05, 3.63) is 0 Å². The van der Waals surface area contributed by atoms with Crippen LogP contribution in [0.4, 0.5) is 0 Å². The van der Waals surface area contributed by atoms with Crippen LogP contribution in [0.2, 0.25) is 0 Å². The summed E-state index contributed by atoms with van der Waals surface area (Å²) in [6, 6.07) is 0. The van der Waals surface area contributed by atoms with E-state index >= 15 is 0 Å². The summed E-state index contributed by atoms with van der Waals surface area (Å²) in [4.78, 5) is 0. The Hall–Kier alpha value is 0.150. The molecule has 1 fully saturated rings. The highest BCUT2D eigenvalue weighted by atomic mass is 35.7. The Morgan fingerprint density at radius 3 is 2.83 bits per heavy atom. The molecule has 1 aliphatic heterocycles. The monoisotopic (exact) mass is 224 g/mol. The van der Waals surface area contributed by atoms with Crippen LogP contribution in [0, 0.1) is 17.1 Å². The van der Waals surface area contributed by atoms with E-state index in [2.05, 4.69) is 5.92 Å². The van der Waals surface area contributed by atoms with Gasteiger partial charge in [0, 0.05) is 22.4 Å². The molecule has 0 spiro atoms. The largest absolute Gasteiger partial charge is 0.300 e.